The van der Waals surface area contributed by atoms with Gasteiger partial charge in [0.05, 0.1) is 19.6 Å². The second-order valence-corrected chi connectivity index (χ2v) is 17.0. The van der Waals surface area contributed by atoms with Crippen molar-refractivity contribution in [3.63, 3.8) is 0 Å². The third-order valence-electron chi connectivity index (χ3n) is 7.48. The van der Waals surface area contributed by atoms with Crippen LogP contribution < -0.4 is 16.4 Å². The zero-order chi connectivity index (χ0) is 40.9. The van der Waals surface area contributed by atoms with E-state index in [2.05, 4.69) is 47.0 Å². The van der Waals surface area contributed by atoms with Crippen molar-refractivity contribution in [3.05, 3.63) is 12.7 Å². The van der Waals surface area contributed by atoms with E-state index in [-0.39, 0.29) is 29.9 Å². The number of aliphatic hydroxyl groups excluding tert-OH is 2. The predicted molar refractivity (Wildman–Crippen MR) is 183 cm³/mol. The van der Waals surface area contributed by atoms with Crippen molar-refractivity contribution in [2.75, 3.05) is 37.8 Å². The first kappa shape index (κ1) is 45.6. The molecule has 2 aromatic heterocycles. The van der Waals surface area contributed by atoms with Crippen molar-refractivity contribution in [3.8, 4) is 0 Å². The average molecular weight is 852 g/mol. The minimum atomic E-state index is -5.74. The van der Waals surface area contributed by atoms with Crippen LogP contribution in [0.4, 0.5) is 5.82 Å². The summed E-state index contributed by atoms with van der Waals surface area (Å²) >= 11 is 3.95. The highest BCUT2D eigenvalue weighted by Gasteiger charge is 2.63. The molecule has 0 radical (unpaired) electrons. The van der Waals surface area contributed by atoms with E-state index in [0.717, 1.165) is 24.1 Å². The van der Waals surface area contributed by atoms with E-state index >= 15 is 0 Å². The quantitative estimate of drug-likeness (QED) is 0.0370. The molecule has 1 aliphatic rings. The number of anilines is 1. The van der Waals surface area contributed by atoms with Gasteiger partial charge >= 0.3 is 23.5 Å². The molecule has 0 bridgehead atoms. The van der Waals surface area contributed by atoms with Crippen molar-refractivity contribution < 1.29 is 85.3 Å². The fourth-order valence-corrected chi connectivity index (χ4v) is 7.86. The van der Waals surface area contributed by atoms with Gasteiger partial charge in [-0.15, -0.1) is 0 Å². The third-order valence-corrected chi connectivity index (χ3v) is 10.8. The highest BCUT2D eigenvalue weighted by atomic mass is 32.1. The second-order valence-electron chi connectivity index (χ2n) is 12.3. The van der Waals surface area contributed by atoms with Crippen LogP contribution in [-0.2, 0) is 61.2 Å². The van der Waals surface area contributed by atoms with Crippen LogP contribution in [0.15, 0.2) is 12.7 Å². The lowest BCUT2D eigenvalue weighted by Gasteiger charge is -2.32. The van der Waals surface area contributed by atoms with Crippen LogP contribution in [0.5, 0.6) is 0 Å². The van der Waals surface area contributed by atoms with E-state index in [1.807, 2.05) is 0 Å². The summed E-state index contributed by atoms with van der Waals surface area (Å²) in [5.41, 5.74) is 0.920. The van der Waals surface area contributed by atoms with Gasteiger partial charge in [0.1, 0.15) is 48.4 Å². The smallest absolute Gasteiger partial charge is 0.385 e. The molecule has 10 N–H and O–H groups in total. The molecule has 304 valence electrons. The largest absolute Gasteiger partial charge is 0.481 e. The molecule has 0 aromatic carbocycles. The van der Waals surface area contributed by atoms with Crippen molar-refractivity contribution in [2.45, 2.75) is 63.8 Å². The molecule has 0 saturated carbocycles. The number of aromatic nitrogens is 4. The molecule has 3 heterocycles. The number of ketones is 2. The Hall–Kier alpha value is -2.77. The maximum Gasteiger partial charge on any atom is 0.481 e. The fourth-order valence-electron chi connectivity index (χ4n) is 4.93. The Balaban J connectivity index is 1.78. The molecule has 2 aromatic rings. The molecule has 2 unspecified atom stereocenters. The van der Waals surface area contributed by atoms with Gasteiger partial charge in [-0.05, 0) is 6.92 Å². The molecule has 29 heteroatoms. The highest BCUT2D eigenvalue weighted by molar-refractivity contribution is 7.80. The molecular weight excluding hydrogens is 811 g/mol. The first-order chi connectivity index (χ1) is 24.9. The van der Waals surface area contributed by atoms with Crippen molar-refractivity contribution >= 4 is 76.5 Å². The predicted octanol–water partition coefficient (Wildman–Crippen LogP) is -1.96. The number of amides is 2. The number of hydrogen-bond donors (Lipinski definition) is 10. The lowest BCUT2D eigenvalue weighted by Crippen LogP contribution is -2.52. The van der Waals surface area contributed by atoms with Gasteiger partial charge in [0.25, 0.3) is 0 Å². The van der Waals surface area contributed by atoms with Crippen LogP contribution in [0.25, 0.3) is 11.2 Å². The zero-order valence-corrected chi connectivity index (χ0v) is 32.2. The number of nitrogens with two attached hydrogens (primary N) is 1. The summed E-state index contributed by atoms with van der Waals surface area (Å²) in [4.78, 5) is 101. The topological polar surface area (TPSA) is 381 Å². The van der Waals surface area contributed by atoms with E-state index in [9.17, 15) is 62.7 Å². The van der Waals surface area contributed by atoms with E-state index in [1.165, 1.54) is 13.8 Å². The van der Waals surface area contributed by atoms with Gasteiger partial charge in [0, 0.05) is 30.7 Å². The summed E-state index contributed by atoms with van der Waals surface area (Å²) in [5, 5.41) is 26.7. The Bertz CT molecular complexity index is 1860. The molecule has 0 aliphatic carbocycles. The standard InChI is InChI=1S/C25H40N7O18P3S/c1-13(33)8-15(34)25(32-12-31-17-21(26)29-11-30-22(17)32)19(36)18(49-51(39,40)41)14(48-25)9-46-52(42,43)50-53(44,45)47-10-24(2,3)20(37)23(38)28-5-4-16(35)27-6-7-54/h11-12,14,18-20,36-37,54H,4-10H2,1-3H3,(H,27,35)(H,28,38)(H,42,43)(H,44,45)(H2,26,29,30)(H2,39,40,41)/t14-,18-,19-,20+,25-/m1/s1. The fraction of sp³-hybridized carbons (Fsp3) is 0.640. The number of imidazole rings is 1. The summed E-state index contributed by atoms with van der Waals surface area (Å²) in [6.07, 6.45) is -7.98. The Morgan fingerprint density at radius 1 is 1.07 bits per heavy atom. The Labute approximate surface area is 311 Å². The van der Waals surface area contributed by atoms with Gasteiger partial charge in [-0.2, -0.15) is 16.9 Å². The molecule has 25 nitrogen and oxygen atoms in total. The zero-order valence-electron chi connectivity index (χ0n) is 28.7. The normalized spacial score (nSPS) is 23.3. The number of carbonyl (C=O) groups is 4. The maximum absolute atomic E-state index is 13.6. The van der Waals surface area contributed by atoms with Crippen molar-refractivity contribution in [2.24, 2.45) is 5.41 Å². The number of carbonyl (C=O) groups excluding carboxylic acids is 4. The molecule has 2 amide bonds. The van der Waals surface area contributed by atoms with E-state index < -0.39 is 102 Å². The molecule has 54 heavy (non-hydrogen) atoms. The molecule has 3 rings (SSSR count). The number of phosphoric ester groups is 3. The SMILES string of the molecule is CC(=O)CC(=O)[C@@]1(n2cnc3c(N)ncnc32)O[C@H](COP(=O)(O)OP(=O)(O)OCC(C)(C)[C@@H](O)C(=O)NCCC(=O)NCCS)[C@@H](OP(=O)(O)O)[C@H]1O. The Morgan fingerprint density at radius 2 is 1.72 bits per heavy atom. The summed E-state index contributed by atoms with van der Waals surface area (Å²) in [7, 11) is -16.9. The lowest BCUT2D eigenvalue weighted by molar-refractivity contribution is -0.174. The number of ether oxygens (including phenoxy) is 1. The van der Waals surface area contributed by atoms with Crippen LogP contribution in [0.1, 0.15) is 33.6 Å². The van der Waals surface area contributed by atoms with Crippen LogP contribution in [0.2, 0.25) is 0 Å². The molecule has 1 aliphatic heterocycles. The molecule has 1 fully saturated rings. The van der Waals surface area contributed by atoms with Crippen molar-refractivity contribution in [1.82, 2.24) is 30.2 Å². The number of nitrogen functional groups attached to an aromatic ring is 1. The summed E-state index contributed by atoms with van der Waals surface area (Å²) in [5.74, 6) is -3.19. The van der Waals surface area contributed by atoms with Crippen LogP contribution in [-0.4, -0.2) is 129 Å². The molecule has 0 spiro atoms. The monoisotopic (exact) mass is 851 g/mol. The number of hydrogen-bond acceptors (Lipinski definition) is 19. The minimum Gasteiger partial charge on any atom is -0.385 e. The number of Topliss-reactive ketones (excluding diaryl/α,β-unsaturated/α-hetero) is 2. The van der Waals surface area contributed by atoms with Crippen LogP contribution >= 0.6 is 36.1 Å². The average Bonchev–Trinajstić information content (AvgIpc) is 3.60. The molecule has 7 atom stereocenters. The maximum atomic E-state index is 13.6. The van der Waals surface area contributed by atoms with Gasteiger partial charge in [-0.25, -0.2) is 28.6 Å². The molecule has 1 saturated heterocycles. The van der Waals surface area contributed by atoms with E-state index in [0.29, 0.717) is 12.3 Å². The number of rotatable bonds is 21. The van der Waals surface area contributed by atoms with Gasteiger partial charge in [0.2, 0.25) is 17.5 Å². The van der Waals surface area contributed by atoms with Gasteiger partial charge in [-0.1, -0.05) is 13.8 Å². The van der Waals surface area contributed by atoms with Gasteiger partial charge < -0.3 is 50.9 Å². The first-order valence-electron chi connectivity index (χ1n) is 15.4. The number of nitrogens with zero attached hydrogens (tertiary/aromatic N) is 4. The van der Waals surface area contributed by atoms with Crippen LogP contribution in [0.3, 0.4) is 0 Å². The summed E-state index contributed by atoms with van der Waals surface area (Å²) < 4.78 is 62.3. The third kappa shape index (κ3) is 11.6. The number of thiol groups is 1. The van der Waals surface area contributed by atoms with Crippen molar-refractivity contribution in [1.29, 1.82) is 0 Å². The Kier molecular flexibility index (Phi) is 15.2. The molecular formula is C25H40N7O18P3S. The minimum absolute atomic E-state index is 0.133. The van der Waals surface area contributed by atoms with Gasteiger partial charge in [0.15, 0.2) is 17.2 Å². The number of aliphatic hydroxyl groups is 2. The summed E-state index contributed by atoms with van der Waals surface area (Å²) in [6.45, 7) is 1.27. The van der Waals surface area contributed by atoms with Gasteiger partial charge in [-0.3, -0.25) is 37.3 Å². The summed E-state index contributed by atoms with van der Waals surface area (Å²) in [6, 6.07) is 0. The second kappa shape index (κ2) is 18.0. The lowest BCUT2D eigenvalue weighted by atomic mass is 9.87. The van der Waals surface area contributed by atoms with E-state index in [4.69, 9.17) is 19.5 Å². The first-order valence-corrected chi connectivity index (χ1v) is 20.6. The highest BCUT2D eigenvalue weighted by Crippen LogP contribution is 2.61. The number of phosphoric acid groups is 3. The van der Waals surface area contributed by atoms with E-state index in [1.54, 1.807) is 0 Å². The number of fused-ring (bicyclic) bond motifs is 1. The Morgan fingerprint density at radius 3 is 2.33 bits per heavy atom. The number of nitrogens with one attached hydrogen (secondary N) is 2. The van der Waals surface area contributed by atoms with Crippen LogP contribution in [0, 0.1) is 5.41 Å².